The highest BCUT2D eigenvalue weighted by Gasteiger charge is 2.18. The second-order valence-electron chi connectivity index (χ2n) is 6.93. The average molecular weight is 460 g/mol. The van der Waals surface area contributed by atoms with E-state index in [-0.39, 0.29) is 21.5 Å². The van der Waals surface area contributed by atoms with Crippen LogP contribution in [-0.4, -0.2) is 30.4 Å². The number of benzene rings is 2. The van der Waals surface area contributed by atoms with Crippen LogP contribution in [0.2, 0.25) is 5.02 Å². The molecule has 30 heavy (non-hydrogen) atoms. The van der Waals surface area contributed by atoms with Gasteiger partial charge in [-0.05, 0) is 36.8 Å². The van der Waals surface area contributed by atoms with E-state index in [9.17, 15) is 13.2 Å². The first-order valence-electron chi connectivity index (χ1n) is 9.04. The lowest BCUT2D eigenvalue weighted by molar-refractivity contribution is 0.103. The van der Waals surface area contributed by atoms with Crippen molar-refractivity contribution in [1.29, 1.82) is 0 Å². The van der Waals surface area contributed by atoms with Gasteiger partial charge in [-0.25, -0.2) is 8.42 Å². The molecule has 0 saturated carbocycles. The summed E-state index contributed by atoms with van der Waals surface area (Å²) in [6.45, 7) is 2.51. The number of fused-ring (bicyclic) bond motifs is 1. The number of sulfone groups is 1. The third kappa shape index (κ3) is 4.12. The highest BCUT2D eigenvalue weighted by atomic mass is 35.5. The number of aromatic nitrogens is 2. The van der Waals surface area contributed by atoms with Gasteiger partial charge in [0.15, 0.2) is 9.84 Å². The van der Waals surface area contributed by atoms with Gasteiger partial charge in [0.25, 0.3) is 5.91 Å². The lowest BCUT2D eigenvalue weighted by atomic mass is 10.2. The minimum atomic E-state index is -3.41. The fourth-order valence-electron chi connectivity index (χ4n) is 3.10. The SMILES string of the molecule is Cc1nn(Cc2ccccc2)c2sc(C(=O)Nc3cc(S(C)(=O)=O)ccc3Cl)cc12. The van der Waals surface area contributed by atoms with E-state index in [2.05, 4.69) is 10.4 Å². The number of hydrogen-bond donors (Lipinski definition) is 1. The first-order valence-corrected chi connectivity index (χ1v) is 12.1. The summed E-state index contributed by atoms with van der Waals surface area (Å²) in [4.78, 5) is 14.3. The standard InChI is InChI=1S/C21H18ClN3O3S2/c1-13-16-11-19(29-21(16)25(24-13)12-14-6-4-3-5-7-14)20(26)23-18-10-15(30(2,27)28)8-9-17(18)22/h3-11H,12H2,1-2H3,(H,23,26). The number of carbonyl (C=O) groups excluding carboxylic acids is 1. The van der Waals surface area contributed by atoms with E-state index in [1.807, 2.05) is 41.9 Å². The van der Waals surface area contributed by atoms with Gasteiger partial charge in [-0.2, -0.15) is 5.10 Å². The number of carbonyl (C=O) groups is 1. The van der Waals surface area contributed by atoms with Crippen molar-refractivity contribution in [3.8, 4) is 0 Å². The Hall–Kier alpha value is -2.68. The van der Waals surface area contributed by atoms with Gasteiger partial charge >= 0.3 is 0 Å². The van der Waals surface area contributed by atoms with Gasteiger partial charge in [0.1, 0.15) is 4.83 Å². The molecule has 0 aliphatic heterocycles. The molecule has 1 N–H and O–H groups in total. The lowest BCUT2D eigenvalue weighted by Crippen LogP contribution is -2.11. The fraction of sp³-hybridized carbons (Fsp3) is 0.143. The van der Waals surface area contributed by atoms with Crippen molar-refractivity contribution in [2.75, 3.05) is 11.6 Å². The van der Waals surface area contributed by atoms with Crippen LogP contribution in [0.4, 0.5) is 5.69 Å². The largest absolute Gasteiger partial charge is 0.320 e. The van der Waals surface area contributed by atoms with Crippen LogP contribution in [0, 0.1) is 6.92 Å². The summed E-state index contributed by atoms with van der Waals surface area (Å²) in [6, 6.07) is 16.0. The molecule has 0 fully saturated rings. The number of halogens is 1. The van der Waals surface area contributed by atoms with Crippen LogP contribution in [0.3, 0.4) is 0 Å². The van der Waals surface area contributed by atoms with Crippen LogP contribution < -0.4 is 5.32 Å². The normalized spacial score (nSPS) is 11.7. The number of rotatable bonds is 5. The second kappa shape index (κ2) is 7.86. The lowest BCUT2D eigenvalue weighted by Gasteiger charge is -2.08. The molecular weight excluding hydrogens is 442 g/mol. The molecule has 4 aromatic rings. The van der Waals surface area contributed by atoms with Gasteiger partial charge in [0.05, 0.1) is 32.7 Å². The van der Waals surface area contributed by atoms with Crippen LogP contribution in [-0.2, 0) is 16.4 Å². The van der Waals surface area contributed by atoms with Crippen molar-refractivity contribution in [2.24, 2.45) is 0 Å². The maximum Gasteiger partial charge on any atom is 0.265 e. The first-order chi connectivity index (χ1) is 14.2. The van der Waals surface area contributed by atoms with Crippen molar-refractivity contribution < 1.29 is 13.2 Å². The Morgan fingerprint density at radius 3 is 2.60 bits per heavy atom. The molecule has 0 bridgehead atoms. The molecule has 0 aliphatic carbocycles. The second-order valence-corrected chi connectivity index (χ2v) is 10.4. The molecule has 154 valence electrons. The zero-order valence-electron chi connectivity index (χ0n) is 16.2. The van der Waals surface area contributed by atoms with Crippen LogP contribution in [0.15, 0.2) is 59.5 Å². The van der Waals surface area contributed by atoms with Gasteiger partial charge in [0, 0.05) is 11.6 Å². The van der Waals surface area contributed by atoms with Crippen molar-refractivity contribution in [2.45, 2.75) is 18.4 Å². The summed E-state index contributed by atoms with van der Waals surface area (Å²) in [5.74, 6) is -0.352. The van der Waals surface area contributed by atoms with Crippen LogP contribution >= 0.6 is 22.9 Å². The maximum absolute atomic E-state index is 12.8. The Morgan fingerprint density at radius 2 is 1.90 bits per heavy atom. The molecule has 2 aromatic carbocycles. The molecule has 9 heteroatoms. The molecule has 0 atom stereocenters. The Kier molecular flexibility index (Phi) is 5.40. The first kappa shape index (κ1) is 20.6. The van der Waals surface area contributed by atoms with Gasteiger partial charge in [-0.1, -0.05) is 41.9 Å². The van der Waals surface area contributed by atoms with E-state index in [1.165, 1.54) is 29.5 Å². The van der Waals surface area contributed by atoms with E-state index in [1.54, 1.807) is 6.07 Å². The van der Waals surface area contributed by atoms with Gasteiger partial charge in [-0.15, -0.1) is 11.3 Å². The molecule has 4 rings (SSSR count). The van der Waals surface area contributed by atoms with E-state index < -0.39 is 9.84 Å². The summed E-state index contributed by atoms with van der Waals surface area (Å²) < 4.78 is 25.5. The molecule has 0 saturated heterocycles. The summed E-state index contributed by atoms with van der Waals surface area (Å²) in [6.07, 6.45) is 1.11. The van der Waals surface area contributed by atoms with Gasteiger partial charge in [-0.3, -0.25) is 9.48 Å². The van der Waals surface area contributed by atoms with Crippen molar-refractivity contribution in [3.05, 3.63) is 75.8 Å². The number of nitrogens with zero attached hydrogens (tertiary/aromatic N) is 2. The number of hydrogen-bond acceptors (Lipinski definition) is 5. The molecule has 2 heterocycles. The Labute approximate surface area is 183 Å². The van der Waals surface area contributed by atoms with Crippen LogP contribution in [0.25, 0.3) is 10.2 Å². The van der Waals surface area contributed by atoms with E-state index in [0.717, 1.165) is 27.7 Å². The Morgan fingerprint density at radius 1 is 1.17 bits per heavy atom. The average Bonchev–Trinajstić information content (AvgIpc) is 3.25. The number of nitrogens with one attached hydrogen (secondary N) is 1. The zero-order valence-corrected chi connectivity index (χ0v) is 18.6. The number of anilines is 1. The molecule has 0 spiro atoms. The molecular formula is C21H18ClN3O3S2. The van der Waals surface area contributed by atoms with E-state index in [4.69, 9.17) is 11.6 Å². The number of aryl methyl sites for hydroxylation is 1. The minimum absolute atomic E-state index is 0.0906. The van der Waals surface area contributed by atoms with Crippen molar-refractivity contribution in [1.82, 2.24) is 9.78 Å². The molecule has 2 aromatic heterocycles. The third-order valence-corrected chi connectivity index (χ3v) is 7.21. The highest BCUT2D eigenvalue weighted by molar-refractivity contribution is 7.90. The number of thiophene rings is 1. The highest BCUT2D eigenvalue weighted by Crippen LogP contribution is 2.31. The summed E-state index contributed by atoms with van der Waals surface area (Å²) in [5.41, 5.74) is 2.21. The minimum Gasteiger partial charge on any atom is -0.320 e. The van der Waals surface area contributed by atoms with E-state index >= 15 is 0 Å². The summed E-state index contributed by atoms with van der Waals surface area (Å²) in [5, 5.41) is 8.49. The van der Waals surface area contributed by atoms with Gasteiger partial charge in [0.2, 0.25) is 0 Å². The zero-order chi connectivity index (χ0) is 21.5. The molecule has 0 unspecified atom stereocenters. The number of amides is 1. The predicted octanol–water partition coefficient (Wildman–Crippen LogP) is 4.76. The monoisotopic (exact) mass is 459 g/mol. The van der Waals surface area contributed by atoms with Crippen molar-refractivity contribution >= 4 is 54.6 Å². The van der Waals surface area contributed by atoms with Crippen LogP contribution in [0.5, 0.6) is 0 Å². The molecule has 0 radical (unpaired) electrons. The molecule has 0 aliphatic rings. The van der Waals surface area contributed by atoms with Crippen molar-refractivity contribution in [3.63, 3.8) is 0 Å². The summed E-state index contributed by atoms with van der Waals surface area (Å²) >= 11 is 7.49. The van der Waals surface area contributed by atoms with E-state index in [0.29, 0.717) is 11.4 Å². The topological polar surface area (TPSA) is 81.1 Å². The van der Waals surface area contributed by atoms with Crippen LogP contribution in [0.1, 0.15) is 20.9 Å². The summed E-state index contributed by atoms with van der Waals surface area (Å²) in [7, 11) is -3.41. The molecule has 1 amide bonds. The van der Waals surface area contributed by atoms with Gasteiger partial charge < -0.3 is 5.32 Å². The molecule has 6 nitrogen and oxygen atoms in total. The smallest absolute Gasteiger partial charge is 0.265 e. The fourth-order valence-corrected chi connectivity index (χ4v) is 4.97. The predicted molar refractivity (Wildman–Crippen MR) is 120 cm³/mol. The Bertz CT molecular complexity index is 1360. The maximum atomic E-state index is 12.8. The Balaban J connectivity index is 1.64. The third-order valence-electron chi connectivity index (χ3n) is 4.62. The quantitative estimate of drug-likeness (QED) is 0.466.